The second-order valence-electron chi connectivity index (χ2n) is 6.10. The van der Waals surface area contributed by atoms with E-state index in [-0.39, 0.29) is 24.2 Å². The number of benzene rings is 1. The highest BCUT2D eigenvalue weighted by Crippen LogP contribution is 2.28. The van der Waals surface area contributed by atoms with E-state index in [4.69, 9.17) is 11.6 Å². The zero-order valence-corrected chi connectivity index (χ0v) is 14.4. The van der Waals surface area contributed by atoms with Crippen LogP contribution in [0, 0.1) is 5.92 Å². The van der Waals surface area contributed by atoms with Gasteiger partial charge in [0.2, 0.25) is 11.8 Å². The molecule has 1 atom stereocenters. The van der Waals surface area contributed by atoms with E-state index in [0.29, 0.717) is 18.1 Å². The number of hydrogen-bond acceptors (Lipinski definition) is 3. The van der Waals surface area contributed by atoms with Crippen LogP contribution in [0.4, 0.5) is 5.69 Å². The van der Waals surface area contributed by atoms with Crippen molar-refractivity contribution in [3.63, 3.8) is 0 Å². The fourth-order valence-electron chi connectivity index (χ4n) is 2.98. The number of rotatable bonds is 4. The van der Waals surface area contributed by atoms with Crippen LogP contribution in [-0.4, -0.2) is 40.1 Å². The van der Waals surface area contributed by atoms with E-state index in [1.807, 2.05) is 19.3 Å². The number of aromatic nitrogens is 2. The average molecular weight is 347 g/mol. The van der Waals surface area contributed by atoms with Crippen molar-refractivity contribution < 1.29 is 9.59 Å². The van der Waals surface area contributed by atoms with Crippen molar-refractivity contribution in [1.29, 1.82) is 0 Å². The van der Waals surface area contributed by atoms with Crippen LogP contribution in [0.1, 0.15) is 12.0 Å². The zero-order chi connectivity index (χ0) is 17.3. The van der Waals surface area contributed by atoms with Crippen molar-refractivity contribution in [2.75, 3.05) is 18.5 Å². The summed E-state index contributed by atoms with van der Waals surface area (Å²) in [6.45, 7) is 0.865. The lowest BCUT2D eigenvalue weighted by Gasteiger charge is -2.21. The third kappa shape index (κ3) is 3.43. The molecule has 1 aliphatic heterocycles. The highest BCUT2D eigenvalue weighted by molar-refractivity contribution is 6.30. The minimum atomic E-state index is -0.335. The third-order valence-electron chi connectivity index (χ3n) is 4.15. The van der Waals surface area contributed by atoms with E-state index < -0.39 is 0 Å². The smallest absolute Gasteiger partial charge is 0.228 e. The first-order valence-electron chi connectivity index (χ1n) is 7.72. The summed E-state index contributed by atoms with van der Waals surface area (Å²) < 4.78 is 1.70. The van der Waals surface area contributed by atoms with Crippen LogP contribution >= 0.6 is 11.6 Å². The Labute approximate surface area is 145 Å². The molecule has 2 heterocycles. The summed E-state index contributed by atoms with van der Waals surface area (Å²) in [5.41, 5.74) is 1.70. The van der Waals surface area contributed by atoms with Gasteiger partial charge in [0.05, 0.1) is 12.1 Å². The normalized spacial score (nSPS) is 17.4. The van der Waals surface area contributed by atoms with Crippen LogP contribution in [0.5, 0.6) is 0 Å². The maximum atomic E-state index is 12.6. The van der Waals surface area contributed by atoms with E-state index in [2.05, 4.69) is 5.10 Å². The molecule has 0 saturated carbocycles. The van der Waals surface area contributed by atoms with Gasteiger partial charge < -0.3 is 9.80 Å². The monoisotopic (exact) mass is 346 g/mol. The molecule has 126 valence electrons. The van der Waals surface area contributed by atoms with Crippen molar-refractivity contribution in [2.24, 2.45) is 13.0 Å². The Morgan fingerprint density at radius 1 is 1.46 bits per heavy atom. The molecule has 7 heteroatoms. The fourth-order valence-corrected chi connectivity index (χ4v) is 3.17. The van der Waals surface area contributed by atoms with Gasteiger partial charge in [-0.2, -0.15) is 5.10 Å². The number of amides is 2. The van der Waals surface area contributed by atoms with E-state index in [0.717, 1.165) is 11.3 Å². The van der Waals surface area contributed by atoms with E-state index in [9.17, 15) is 9.59 Å². The molecule has 24 heavy (non-hydrogen) atoms. The largest absolute Gasteiger partial charge is 0.341 e. The number of aryl methyl sites for hydroxylation is 1. The van der Waals surface area contributed by atoms with Crippen LogP contribution in [0.15, 0.2) is 36.7 Å². The maximum Gasteiger partial charge on any atom is 0.228 e. The summed E-state index contributed by atoms with van der Waals surface area (Å²) in [6, 6.07) is 7.13. The highest BCUT2D eigenvalue weighted by atomic mass is 35.5. The Morgan fingerprint density at radius 3 is 2.92 bits per heavy atom. The van der Waals surface area contributed by atoms with Crippen molar-refractivity contribution in [1.82, 2.24) is 14.7 Å². The van der Waals surface area contributed by atoms with Crippen LogP contribution in [0.3, 0.4) is 0 Å². The Bertz CT molecular complexity index is 773. The minimum absolute atomic E-state index is 0.0308. The first kappa shape index (κ1) is 16.5. The van der Waals surface area contributed by atoms with Gasteiger partial charge in [-0.15, -0.1) is 0 Å². The maximum absolute atomic E-state index is 12.6. The van der Waals surface area contributed by atoms with Gasteiger partial charge in [-0.1, -0.05) is 17.7 Å². The first-order valence-corrected chi connectivity index (χ1v) is 8.10. The molecule has 1 aromatic carbocycles. The highest BCUT2D eigenvalue weighted by Gasteiger charge is 2.36. The van der Waals surface area contributed by atoms with Gasteiger partial charge in [-0.3, -0.25) is 14.3 Å². The minimum Gasteiger partial charge on any atom is -0.341 e. The second-order valence-corrected chi connectivity index (χ2v) is 6.54. The number of hydrogen-bond donors (Lipinski definition) is 0. The molecule has 2 aromatic rings. The van der Waals surface area contributed by atoms with Gasteiger partial charge in [0, 0.05) is 56.1 Å². The van der Waals surface area contributed by atoms with Gasteiger partial charge in [0.1, 0.15) is 0 Å². The molecule has 1 aliphatic rings. The van der Waals surface area contributed by atoms with Crippen molar-refractivity contribution >= 4 is 29.1 Å². The third-order valence-corrected chi connectivity index (χ3v) is 4.38. The van der Waals surface area contributed by atoms with Gasteiger partial charge >= 0.3 is 0 Å². The molecule has 1 fully saturated rings. The molecule has 6 nitrogen and oxygen atoms in total. The van der Waals surface area contributed by atoms with Crippen LogP contribution in [-0.2, 0) is 23.2 Å². The molecule has 3 rings (SSSR count). The Hall–Kier alpha value is -2.34. The molecule has 1 saturated heterocycles. The lowest BCUT2D eigenvalue weighted by molar-refractivity contribution is -0.135. The molecule has 0 aliphatic carbocycles. The predicted molar refractivity (Wildman–Crippen MR) is 91.6 cm³/mol. The summed E-state index contributed by atoms with van der Waals surface area (Å²) >= 11 is 5.99. The number of carbonyl (C=O) groups is 2. The molecular weight excluding hydrogens is 328 g/mol. The number of carbonyl (C=O) groups excluding carboxylic acids is 2. The van der Waals surface area contributed by atoms with Gasteiger partial charge in [0.15, 0.2) is 0 Å². The van der Waals surface area contributed by atoms with Crippen molar-refractivity contribution in [2.45, 2.75) is 13.0 Å². The van der Waals surface area contributed by atoms with Gasteiger partial charge in [0.25, 0.3) is 0 Å². The van der Waals surface area contributed by atoms with Gasteiger partial charge in [-0.25, -0.2) is 0 Å². The summed E-state index contributed by atoms with van der Waals surface area (Å²) in [5, 5.41) is 4.68. The fraction of sp³-hybridized carbons (Fsp3) is 0.353. The van der Waals surface area contributed by atoms with E-state index >= 15 is 0 Å². The molecule has 1 unspecified atom stereocenters. The number of anilines is 1. The molecule has 0 bridgehead atoms. The molecule has 0 radical (unpaired) electrons. The number of halogens is 1. The molecule has 2 amide bonds. The molecule has 1 aromatic heterocycles. The second kappa shape index (κ2) is 6.65. The SMILES string of the molecule is CN(Cc1cnn(C)c1)C(=O)C1CC(=O)N(c2cccc(Cl)c2)C1. The van der Waals surface area contributed by atoms with Crippen LogP contribution in [0.2, 0.25) is 5.02 Å². The van der Waals surface area contributed by atoms with Crippen molar-refractivity contribution in [3.8, 4) is 0 Å². The van der Waals surface area contributed by atoms with Crippen molar-refractivity contribution in [3.05, 3.63) is 47.2 Å². The Morgan fingerprint density at radius 2 is 2.25 bits per heavy atom. The summed E-state index contributed by atoms with van der Waals surface area (Å²) in [4.78, 5) is 28.2. The number of nitrogens with zero attached hydrogens (tertiary/aromatic N) is 4. The predicted octanol–water partition coefficient (Wildman–Crippen LogP) is 2.08. The zero-order valence-electron chi connectivity index (χ0n) is 13.6. The first-order chi connectivity index (χ1) is 11.4. The van der Waals surface area contributed by atoms with Gasteiger partial charge in [-0.05, 0) is 18.2 Å². The molecular formula is C17H19ClN4O2. The molecule has 0 N–H and O–H groups in total. The van der Waals surface area contributed by atoms with E-state index in [1.165, 1.54) is 0 Å². The summed E-state index contributed by atoms with van der Waals surface area (Å²) in [7, 11) is 3.59. The molecule has 0 spiro atoms. The lowest BCUT2D eigenvalue weighted by atomic mass is 10.1. The quantitative estimate of drug-likeness (QED) is 0.851. The lowest BCUT2D eigenvalue weighted by Crippen LogP contribution is -2.34. The topological polar surface area (TPSA) is 58.4 Å². The Kier molecular flexibility index (Phi) is 4.57. The Balaban J connectivity index is 1.67. The van der Waals surface area contributed by atoms with E-state index in [1.54, 1.807) is 45.9 Å². The van der Waals surface area contributed by atoms with Crippen LogP contribution in [0.25, 0.3) is 0 Å². The summed E-state index contributed by atoms with van der Waals surface area (Å²) in [5.74, 6) is -0.416. The van der Waals surface area contributed by atoms with Crippen LogP contribution < -0.4 is 4.90 Å². The summed E-state index contributed by atoms with van der Waals surface area (Å²) in [6.07, 6.45) is 3.84. The average Bonchev–Trinajstić information content (AvgIpc) is 3.12. The standard InChI is InChI=1S/C17H19ClN4O2/c1-20(9-12-8-19-21(2)10-12)17(24)13-6-16(23)22(11-13)15-5-3-4-14(18)7-15/h3-5,7-8,10,13H,6,9,11H2,1-2H3.